The van der Waals surface area contributed by atoms with E-state index in [1.807, 2.05) is 19.1 Å². The van der Waals surface area contributed by atoms with E-state index < -0.39 is 12.1 Å². The van der Waals surface area contributed by atoms with Crippen molar-refractivity contribution in [2.45, 2.75) is 20.0 Å². The van der Waals surface area contributed by atoms with E-state index in [4.69, 9.17) is 32.7 Å². The summed E-state index contributed by atoms with van der Waals surface area (Å²) >= 11 is 11.9. The Balaban J connectivity index is 1.57. The molecule has 0 N–H and O–H groups in total. The number of ether oxygens (including phenoxy) is 2. The van der Waals surface area contributed by atoms with Gasteiger partial charge < -0.3 is 9.47 Å². The Kier molecular flexibility index (Phi) is 7.50. The Bertz CT molecular complexity index is 1100. The van der Waals surface area contributed by atoms with Crippen LogP contribution in [0.3, 0.4) is 0 Å². The van der Waals surface area contributed by atoms with Crippen LogP contribution in [0.5, 0.6) is 11.5 Å². The highest BCUT2D eigenvalue weighted by Crippen LogP contribution is 2.28. The molecule has 0 bridgehead atoms. The average Bonchev–Trinajstić information content (AvgIpc) is 2.75. The number of rotatable bonds is 7. The maximum absolute atomic E-state index is 12.3. The number of hydrogen-bond acceptors (Lipinski definition) is 4. The molecule has 0 aromatic heterocycles. The summed E-state index contributed by atoms with van der Waals surface area (Å²) in [5, 5.41) is 0.783. The van der Waals surface area contributed by atoms with Crippen LogP contribution in [0.2, 0.25) is 10.0 Å². The third-order valence-corrected chi connectivity index (χ3v) is 4.92. The molecule has 31 heavy (non-hydrogen) atoms. The van der Waals surface area contributed by atoms with Gasteiger partial charge in [-0.3, -0.25) is 4.79 Å². The summed E-state index contributed by atoms with van der Waals surface area (Å²) in [6.07, 6.45) is 2.35. The second-order valence-electron chi connectivity index (χ2n) is 6.89. The van der Waals surface area contributed by atoms with Crippen molar-refractivity contribution in [1.82, 2.24) is 0 Å². The molecule has 0 heterocycles. The van der Waals surface area contributed by atoms with Crippen LogP contribution in [0, 0.1) is 6.92 Å². The van der Waals surface area contributed by atoms with Gasteiger partial charge in [-0.2, -0.15) is 0 Å². The molecule has 0 saturated carbocycles. The molecule has 6 heteroatoms. The van der Waals surface area contributed by atoms with E-state index in [0.29, 0.717) is 27.1 Å². The van der Waals surface area contributed by atoms with Gasteiger partial charge in [-0.25, -0.2) is 4.79 Å². The van der Waals surface area contributed by atoms with Gasteiger partial charge in [0.2, 0.25) is 0 Å². The predicted molar refractivity (Wildman–Crippen MR) is 123 cm³/mol. The minimum Gasteiger partial charge on any atom is -0.477 e. The number of halogens is 2. The lowest BCUT2D eigenvalue weighted by atomic mass is 10.1. The highest BCUT2D eigenvalue weighted by molar-refractivity contribution is 6.35. The maximum atomic E-state index is 12.3. The van der Waals surface area contributed by atoms with Gasteiger partial charge in [0.05, 0.1) is 5.02 Å². The van der Waals surface area contributed by atoms with Crippen LogP contribution >= 0.6 is 23.2 Å². The molecule has 4 nitrogen and oxygen atoms in total. The molecule has 158 valence electrons. The number of hydrogen-bond donors (Lipinski definition) is 0. The molecule has 3 aromatic carbocycles. The van der Waals surface area contributed by atoms with Crippen molar-refractivity contribution in [2.24, 2.45) is 0 Å². The van der Waals surface area contributed by atoms with Crippen molar-refractivity contribution in [3.8, 4) is 11.5 Å². The predicted octanol–water partition coefficient (Wildman–Crippen LogP) is 6.57. The fourth-order valence-corrected chi connectivity index (χ4v) is 3.09. The quantitative estimate of drug-likeness (QED) is 0.175. The SMILES string of the molecule is Cc1ccc(C(=O)C=Cc2ccc(OC(=O)C(C)Oc3ccc(Cl)cc3Cl)cc2)cc1. The standard InChI is InChI=1S/C25H20Cl2O4/c1-16-3-8-19(9-4-16)23(28)13-7-18-5-11-21(12-6-18)31-25(29)17(2)30-24-14-10-20(26)15-22(24)27/h3-15,17H,1-2H3. The summed E-state index contributed by atoms with van der Waals surface area (Å²) in [5.41, 5.74) is 2.53. The summed E-state index contributed by atoms with van der Waals surface area (Å²) in [4.78, 5) is 24.5. The van der Waals surface area contributed by atoms with Crippen molar-refractivity contribution in [2.75, 3.05) is 0 Å². The monoisotopic (exact) mass is 454 g/mol. The van der Waals surface area contributed by atoms with E-state index in [-0.39, 0.29) is 5.78 Å². The van der Waals surface area contributed by atoms with Gasteiger partial charge in [0.1, 0.15) is 11.5 Å². The Labute approximate surface area is 191 Å². The van der Waals surface area contributed by atoms with Crippen LogP contribution in [0.15, 0.2) is 72.8 Å². The molecule has 0 aliphatic heterocycles. The Morgan fingerprint density at radius 3 is 2.26 bits per heavy atom. The van der Waals surface area contributed by atoms with Gasteiger partial charge in [-0.1, -0.05) is 71.2 Å². The van der Waals surface area contributed by atoms with Gasteiger partial charge in [0, 0.05) is 10.6 Å². The van der Waals surface area contributed by atoms with Gasteiger partial charge in [0.15, 0.2) is 11.9 Å². The zero-order valence-electron chi connectivity index (χ0n) is 17.0. The Hall–Kier alpha value is -3.08. The van der Waals surface area contributed by atoms with Crippen molar-refractivity contribution < 1.29 is 19.1 Å². The first-order chi connectivity index (χ1) is 14.8. The molecule has 1 atom stereocenters. The summed E-state index contributed by atoms with van der Waals surface area (Å²) in [5.74, 6) is 0.0603. The molecule has 3 rings (SSSR count). The van der Waals surface area contributed by atoms with E-state index in [2.05, 4.69) is 0 Å². The van der Waals surface area contributed by atoms with E-state index in [9.17, 15) is 9.59 Å². The second-order valence-corrected chi connectivity index (χ2v) is 7.73. The van der Waals surface area contributed by atoms with Crippen LogP contribution in [-0.2, 0) is 4.79 Å². The number of aryl methyl sites for hydroxylation is 1. The highest BCUT2D eigenvalue weighted by atomic mass is 35.5. The van der Waals surface area contributed by atoms with Gasteiger partial charge in [-0.15, -0.1) is 0 Å². The molecule has 1 unspecified atom stereocenters. The first-order valence-electron chi connectivity index (χ1n) is 9.54. The Morgan fingerprint density at radius 1 is 0.935 bits per heavy atom. The number of carbonyl (C=O) groups excluding carboxylic acids is 2. The molecule has 0 aliphatic carbocycles. The zero-order valence-corrected chi connectivity index (χ0v) is 18.5. The van der Waals surface area contributed by atoms with Gasteiger partial charge in [0.25, 0.3) is 0 Å². The molecule has 3 aromatic rings. The van der Waals surface area contributed by atoms with Crippen LogP contribution < -0.4 is 9.47 Å². The van der Waals surface area contributed by atoms with Gasteiger partial charge >= 0.3 is 5.97 Å². The summed E-state index contributed by atoms with van der Waals surface area (Å²) < 4.78 is 10.9. The zero-order chi connectivity index (χ0) is 22.4. The number of ketones is 1. The van der Waals surface area contributed by atoms with Crippen molar-refractivity contribution in [3.05, 3.63) is 99.5 Å². The number of allylic oxidation sites excluding steroid dienone is 1. The summed E-state index contributed by atoms with van der Waals surface area (Å²) in [7, 11) is 0. The lowest BCUT2D eigenvalue weighted by Crippen LogP contribution is -2.28. The second kappa shape index (κ2) is 10.3. The van der Waals surface area contributed by atoms with Crippen molar-refractivity contribution in [1.29, 1.82) is 0 Å². The smallest absolute Gasteiger partial charge is 0.352 e. The van der Waals surface area contributed by atoms with Crippen molar-refractivity contribution >= 4 is 41.0 Å². The van der Waals surface area contributed by atoms with Crippen LogP contribution in [0.1, 0.15) is 28.4 Å². The van der Waals surface area contributed by atoms with E-state index in [0.717, 1.165) is 11.1 Å². The lowest BCUT2D eigenvalue weighted by Gasteiger charge is -2.15. The molecule has 0 fully saturated rings. The number of carbonyl (C=O) groups is 2. The highest BCUT2D eigenvalue weighted by Gasteiger charge is 2.18. The third kappa shape index (κ3) is 6.45. The fourth-order valence-electron chi connectivity index (χ4n) is 2.64. The van der Waals surface area contributed by atoms with E-state index >= 15 is 0 Å². The molecule has 0 spiro atoms. The maximum Gasteiger partial charge on any atom is 0.352 e. The van der Waals surface area contributed by atoms with Crippen molar-refractivity contribution in [3.63, 3.8) is 0 Å². The number of esters is 1. The molecule has 0 radical (unpaired) electrons. The lowest BCUT2D eigenvalue weighted by molar-refractivity contribution is -0.141. The summed E-state index contributed by atoms with van der Waals surface area (Å²) in [6.45, 7) is 3.54. The van der Waals surface area contributed by atoms with Crippen LogP contribution in [0.4, 0.5) is 0 Å². The van der Waals surface area contributed by atoms with Crippen LogP contribution in [-0.4, -0.2) is 17.9 Å². The Morgan fingerprint density at radius 2 is 1.61 bits per heavy atom. The van der Waals surface area contributed by atoms with E-state index in [1.165, 1.54) is 12.1 Å². The molecule has 0 aliphatic rings. The van der Waals surface area contributed by atoms with E-state index in [1.54, 1.807) is 61.5 Å². The molecular formula is C25H20Cl2O4. The normalized spacial score (nSPS) is 11.9. The molecule has 0 saturated heterocycles. The minimum absolute atomic E-state index is 0.0812. The number of benzene rings is 3. The first kappa shape index (κ1) is 22.6. The van der Waals surface area contributed by atoms with Gasteiger partial charge in [-0.05, 0) is 55.8 Å². The average molecular weight is 455 g/mol. The fraction of sp³-hybridized carbons (Fsp3) is 0.120. The third-order valence-electron chi connectivity index (χ3n) is 4.39. The molecular weight excluding hydrogens is 435 g/mol. The largest absolute Gasteiger partial charge is 0.477 e. The topological polar surface area (TPSA) is 52.6 Å². The molecule has 0 amide bonds. The van der Waals surface area contributed by atoms with Crippen LogP contribution in [0.25, 0.3) is 6.08 Å². The summed E-state index contributed by atoms with van der Waals surface area (Å²) in [6, 6.07) is 18.9. The minimum atomic E-state index is -0.870. The first-order valence-corrected chi connectivity index (χ1v) is 10.3.